The molecule has 0 saturated carbocycles. The maximum absolute atomic E-state index is 12.1. The number of amides is 2. The van der Waals surface area contributed by atoms with E-state index in [2.05, 4.69) is 20.8 Å². The van der Waals surface area contributed by atoms with Gasteiger partial charge in [0.1, 0.15) is 5.75 Å². The first-order chi connectivity index (χ1) is 10.3. The smallest absolute Gasteiger partial charge is 0.319 e. The summed E-state index contributed by atoms with van der Waals surface area (Å²) in [5, 5.41) is 9.72. The minimum atomic E-state index is -0.547. The number of hydrogen-bond acceptors (Lipinski definition) is 2. The van der Waals surface area contributed by atoms with E-state index in [1.54, 1.807) is 24.3 Å². The van der Waals surface area contributed by atoms with Gasteiger partial charge in [-0.2, -0.15) is 0 Å². The molecular formula is C18H22N2O2. The summed E-state index contributed by atoms with van der Waals surface area (Å²) in [6, 6.07) is 15.6. The highest BCUT2D eigenvalue weighted by molar-refractivity contribution is 5.92. The molecule has 0 aliphatic rings. The van der Waals surface area contributed by atoms with Gasteiger partial charge in [-0.15, -0.1) is 0 Å². The van der Waals surface area contributed by atoms with Gasteiger partial charge in [0.2, 0.25) is 0 Å². The van der Waals surface area contributed by atoms with Crippen LogP contribution < -0.4 is 10.6 Å². The van der Waals surface area contributed by atoms with Crippen LogP contribution in [0.2, 0.25) is 0 Å². The third-order valence-electron chi connectivity index (χ3n) is 3.54. The number of anilines is 1. The number of carbonyl (C=O) groups is 1. The van der Waals surface area contributed by atoms with Crippen LogP contribution in [0.5, 0.6) is 5.75 Å². The fourth-order valence-electron chi connectivity index (χ4n) is 2.72. The normalized spacial score (nSPS) is 12.7. The van der Waals surface area contributed by atoms with Gasteiger partial charge in [0.25, 0.3) is 0 Å². The average molecular weight is 298 g/mol. The summed E-state index contributed by atoms with van der Waals surface area (Å²) in [6.07, 6.45) is 0. The van der Waals surface area contributed by atoms with Gasteiger partial charge in [0.05, 0.1) is 6.04 Å². The van der Waals surface area contributed by atoms with Crippen LogP contribution in [-0.2, 0) is 0 Å². The highest BCUT2D eigenvalue weighted by atomic mass is 16.3. The summed E-state index contributed by atoms with van der Waals surface area (Å²) in [5.41, 5.74) is 7.00. The van der Waals surface area contributed by atoms with Crippen molar-refractivity contribution in [2.45, 2.75) is 26.8 Å². The van der Waals surface area contributed by atoms with Crippen LogP contribution in [0.25, 0.3) is 0 Å². The van der Waals surface area contributed by atoms with E-state index in [0.717, 1.165) is 5.56 Å². The Morgan fingerprint density at radius 1 is 1.09 bits per heavy atom. The topological polar surface area (TPSA) is 66.6 Å². The molecule has 0 saturated heterocycles. The molecule has 0 aliphatic heterocycles. The summed E-state index contributed by atoms with van der Waals surface area (Å²) in [5.74, 6) is 0.101. The summed E-state index contributed by atoms with van der Waals surface area (Å²) in [6.45, 7) is 6.18. The molecule has 0 radical (unpaired) electrons. The Balaban J connectivity index is 2.58. The molecule has 1 atom stereocenters. The molecule has 3 N–H and O–H groups in total. The Morgan fingerprint density at radius 3 is 2.23 bits per heavy atom. The fraction of sp³-hybridized carbons (Fsp3) is 0.278. The van der Waals surface area contributed by atoms with E-state index in [1.165, 1.54) is 4.90 Å². The van der Waals surface area contributed by atoms with Gasteiger partial charge in [-0.1, -0.05) is 57.2 Å². The Bertz CT molecular complexity index is 648. The number of hydrogen-bond donors (Lipinski definition) is 2. The number of aromatic hydroxyl groups is 1. The van der Waals surface area contributed by atoms with Gasteiger partial charge < -0.3 is 10.8 Å². The highest BCUT2D eigenvalue weighted by Crippen LogP contribution is 2.40. The SMILES string of the molecule is CC(C)(C)C(c1ccccc1)N(C(N)=O)c1cccc(O)c1. The molecule has 1 unspecified atom stereocenters. The predicted octanol–water partition coefficient (Wildman–Crippen LogP) is 4.06. The number of primary amides is 1. The number of urea groups is 1. The first kappa shape index (κ1) is 15.9. The molecule has 0 heterocycles. The summed E-state index contributed by atoms with van der Waals surface area (Å²) in [4.78, 5) is 13.7. The number of phenolic OH excluding ortho intramolecular Hbond substituents is 1. The summed E-state index contributed by atoms with van der Waals surface area (Å²) in [7, 11) is 0. The third-order valence-corrected chi connectivity index (χ3v) is 3.54. The van der Waals surface area contributed by atoms with E-state index in [1.807, 2.05) is 30.3 Å². The van der Waals surface area contributed by atoms with E-state index in [0.29, 0.717) is 5.69 Å². The molecular weight excluding hydrogens is 276 g/mol. The lowest BCUT2D eigenvalue weighted by molar-refractivity contribution is 0.240. The van der Waals surface area contributed by atoms with Gasteiger partial charge in [0.15, 0.2) is 0 Å². The Labute approximate surface area is 131 Å². The van der Waals surface area contributed by atoms with Gasteiger partial charge in [-0.05, 0) is 23.1 Å². The first-order valence-corrected chi connectivity index (χ1v) is 7.23. The standard InChI is InChI=1S/C18H22N2O2/c1-18(2,3)16(13-8-5-4-6-9-13)20(17(19)22)14-10-7-11-15(21)12-14/h4-12,16,21H,1-3H3,(H2,19,22). The van der Waals surface area contributed by atoms with Crippen molar-refractivity contribution < 1.29 is 9.90 Å². The molecule has 0 aliphatic carbocycles. The van der Waals surface area contributed by atoms with Crippen LogP contribution in [0.4, 0.5) is 10.5 Å². The summed E-state index contributed by atoms with van der Waals surface area (Å²) >= 11 is 0. The molecule has 4 nitrogen and oxygen atoms in total. The van der Waals surface area contributed by atoms with Crippen LogP contribution in [0.15, 0.2) is 54.6 Å². The van der Waals surface area contributed by atoms with Crippen molar-refractivity contribution in [3.63, 3.8) is 0 Å². The second kappa shape index (κ2) is 6.10. The Kier molecular flexibility index (Phi) is 4.40. The Morgan fingerprint density at radius 2 is 1.73 bits per heavy atom. The molecule has 2 rings (SSSR count). The van der Waals surface area contributed by atoms with E-state index in [9.17, 15) is 9.90 Å². The van der Waals surface area contributed by atoms with Crippen molar-refractivity contribution in [2.75, 3.05) is 4.90 Å². The maximum Gasteiger partial charge on any atom is 0.319 e. The fourth-order valence-corrected chi connectivity index (χ4v) is 2.72. The monoisotopic (exact) mass is 298 g/mol. The van der Waals surface area contributed by atoms with Crippen molar-refractivity contribution in [2.24, 2.45) is 11.1 Å². The molecule has 0 fully saturated rings. The van der Waals surface area contributed by atoms with Crippen LogP contribution >= 0.6 is 0 Å². The molecule has 2 amide bonds. The van der Waals surface area contributed by atoms with E-state index >= 15 is 0 Å². The molecule has 116 valence electrons. The number of benzene rings is 2. The highest BCUT2D eigenvalue weighted by Gasteiger charge is 2.35. The Hall–Kier alpha value is -2.49. The van der Waals surface area contributed by atoms with Crippen molar-refractivity contribution in [1.29, 1.82) is 0 Å². The van der Waals surface area contributed by atoms with Crippen molar-refractivity contribution >= 4 is 11.7 Å². The molecule has 4 heteroatoms. The van der Waals surface area contributed by atoms with Crippen LogP contribution in [0.3, 0.4) is 0 Å². The quantitative estimate of drug-likeness (QED) is 0.897. The molecule has 0 aromatic heterocycles. The number of rotatable bonds is 3. The zero-order valence-electron chi connectivity index (χ0n) is 13.2. The average Bonchev–Trinajstić information content (AvgIpc) is 2.43. The zero-order valence-corrected chi connectivity index (χ0v) is 13.2. The predicted molar refractivity (Wildman–Crippen MR) is 88.8 cm³/mol. The first-order valence-electron chi connectivity index (χ1n) is 7.23. The second-order valence-electron chi connectivity index (χ2n) is 6.41. The third kappa shape index (κ3) is 3.39. The molecule has 22 heavy (non-hydrogen) atoms. The van der Waals surface area contributed by atoms with Gasteiger partial charge >= 0.3 is 6.03 Å². The zero-order chi connectivity index (χ0) is 16.3. The minimum Gasteiger partial charge on any atom is -0.508 e. The van der Waals surface area contributed by atoms with E-state index in [-0.39, 0.29) is 17.2 Å². The minimum absolute atomic E-state index is 0.101. The number of phenols is 1. The van der Waals surface area contributed by atoms with E-state index < -0.39 is 6.03 Å². The van der Waals surface area contributed by atoms with E-state index in [4.69, 9.17) is 5.73 Å². The maximum atomic E-state index is 12.1. The number of carbonyl (C=O) groups excluding carboxylic acids is 1. The van der Waals surface area contributed by atoms with Crippen LogP contribution in [-0.4, -0.2) is 11.1 Å². The molecule has 0 spiro atoms. The van der Waals surface area contributed by atoms with Crippen LogP contribution in [0.1, 0.15) is 32.4 Å². The number of nitrogens with two attached hydrogens (primary N) is 1. The lowest BCUT2D eigenvalue weighted by Gasteiger charge is -2.39. The van der Waals surface area contributed by atoms with Crippen LogP contribution in [0, 0.1) is 5.41 Å². The molecule has 2 aromatic carbocycles. The summed E-state index contributed by atoms with van der Waals surface area (Å²) < 4.78 is 0. The number of nitrogens with zero attached hydrogens (tertiary/aromatic N) is 1. The van der Waals surface area contributed by atoms with Crippen molar-refractivity contribution in [3.8, 4) is 5.75 Å². The van der Waals surface area contributed by atoms with Gasteiger partial charge in [0, 0.05) is 11.8 Å². The van der Waals surface area contributed by atoms with Crippen molar-refractivity contribution in [1.82, 2.24) is 0 Å². The second-order valence-corrected chi connectivity index (χ2v) is 6.41. The van der Waals surface area contributed by atoms with Gasteiger partial charge in [-0.3, -0.25) is 4.90 Å². The lowest BCUT2D eigenvalue weighted by Crippen LogP contribution is -2.44. The largest absolute Gasteiger partial charge is 0.508 e. The van der Waals surface area contributed by atoms with Gasteiger partial charge in [-0.25, -0.2) is 4.79 Å². The lowest BCUT2D eigenvalue weighted by atomic mass is 9.81. The van der Waals surface area contributed by atoms with Crippen molar-refractivity contribution in [3.05, 3.63) is 60.2 Å². The molecule has 2 aromatic rings. The molecule has 0 bridgehead atoms.